The molecule has 6 aliphatic rings. The average Bonchev–Trinajstić information content (AvgIpc) is 3.34. The molecule has 0 aromatic carbocycles. The Morgan fingerprint density at radius 2 is 1.76 bits per heavy atom. The maximum atomic E-state index is 15.2. The Balaban J connectivity index is 1.41. The number of carbonyl (C=O) groups excluding carboxylic acids is 1. The van der Waals surface area contributed by atoms with Crippen molar-refractivity contribution in [1.82, 2.24) is 14.7 Å². The second kappa shape index (κ2) is 11.7. The zero-order valence-electron chi connectivity index (χ0n) is 25.9. The number of rotatable bonds is 5. The molecule has 0 aromatic rings. The third-order valence-corrected chi connectivity index (χ3v) is 12.1. The molecule has 6 rings (SSSR count). The summed E-state index contributed by atoms with van der Waals surface area (Å²) in [5.74, 6) is 10.6. The first kappa shape index (κ1) is 29.3. The van der Waals surface area contributed by atoms with Gasteiger partial charge >= 0.3 is 0 Å². The van der Waals surface area contributed by atoms with Gasteiger partial charge in [-0.3, -0.25) is 9.69 Å². The van der Waals surface area contributed by atoms with Crippen molar-refractivity contribution in [3.8, 4) is 11.8 Å². The molecule has 0 radical (unpaired) electrons. The second-order valence-corrected chi connectivity index (χ2v) is 15.2. The van der Waals surface area contributed by atoms with E-state index in [1.807, 2.05) is 11.8 Å². The Hall–Kier alpha value is -1.81. The minimum absolute atomic E-state index is 0.178. The van der Waals surface area contributed by atoms with E-state index in [-0.39, 0.29) is 11.3 Å². The van der Waals surface area contributed by atoms with Crippen LogP contribution in [0.5, 0.6) is 0 Å². The lowest BCUT2D eigenvalue weighted by atomic mass is 9.60. The van der Waals surface area contributed by atoms with Gasteiger partial charge in [-0.2, -0.15) is 0 Å². The molecule has 1 amide bonds. The Labute approximate surface area is 253 Å². The quantitative estimate of drug-likeness (QED) is 0.378. The van der Waals surface area contributed by atoms with Gasteiger partial charge in [-0.1, -0.05) is 56.0 Å². The highest BCUT2D eigenvalue weighted by Gasteiger charge is 2.67. The van der Waals surface area contributed by atoms with Gasteiger partial charge in [-0.15, -0.1) is 0 Å². The van der Waals surface area contributed by atoms with Crippen LogP contribution >= 0.6 is 11.8 Å². The number of amides is 1. The van der Waals surface area contributed by atoms with Crippen molar-refractivity contribution < 1.29 is 4.79 Å². The predicted molar refractivity (Wildman–Crippen MR) is 172 cm³/mol. The Kier molecular flexibility index (Phi) is 8.35. The van der Waals surface area contributed by atoms with E-state index >= 15 is 4.79 Å². The zero-order valence-corrected chi connectivity index (χ0v) is 26.7. The lowest BCUT2D eigenvalue weighted by Gasteiger charge is -2.44. The number of carbonyl (C=O) groups is 1. The van der Waals surface area contributed by atoms with Gasteiger partial charge in [0.1, 0.15) is 0 Å². The van der Waals surface area contributed by atoms with Crippen molar-refractivity contribution in [1.29, 1.82) is 0 Å². The monoisotopic (exact) mass is 574 g/mol. The Morgan fingerprint density at radius 3 is 2.37 bits per heavy atom. The van der Waals surface area contributed by atoms with Crippen molar-refractivity contribution in [2.75, 3.05) is 52.6 Å². The normalized spacial score (nSPS) is 37.6. The molecule has 0 N–H and O–H groups in total. The van der Waals surface area contributed by atoms with E-state index in [0.29, 0.717) is 23.7 Å². The van der Waals surface area contributed by atoms with E-state index in [9.17, 15) is 0 Å². The fourth-order valence-electron chi connectivity index (χ4n) is 8.11. The van der Waals surface area contributed by atoms with Crippen LogP contribution in [0.2, 0.25) is 0 Å². The van der Waals surface area contributed by atoms with Crippen molar-refractivity contribution >= 4 is 22.8 Å². The summed E-state index contributed by atoms with van der Waals surface area (Å²) in [6, 6.07) is 0. The van der Waals surface area contributed by atoms with Crippen LogP contribution in [-0.4, -0.2) is 83.9 Å². The number of hydrogen-bond donors (Lipinski definition) is 0. The number of thioether (sulfide) groups is 1. The van der Waals surface area contributed by atoms with Gasteiger partial charge in [-0.25, -0.2) is 4.99 Å². The van der Waals surface area contributed by atoms with Crippen molar-refractivity contribution in [3.05, 3.63) is 35.5 Å². The van der Waals surface area contributed by atoms with Crippen molar-refractivity contribution in [3.63, 3.8) is 0 Å². The molecule has 3 atom stereocenters. The van der Waals surface area contributed by atoms with E-state index < -0.39 is 5.54 Å². The summed E-state index contributed by atoms with van der Waals surface area (Å²) in [6.45, 7) is 14.3. The largest absolute Gasteiger partial charge is 0.306 e. The molecule has 0 bridgehead atoms. The summed E-state index contributed by atoms with van der Waals surface area (Å²) < 4.78 is 0. The van der Waals surface area contributed by atoms with E-state index in [2.05, 4.69) is 73.2 Å². The highest BCUT2D eigenvalue weighted by atomic mass is 32.2. The van der Waals surface area contributed by atoms with Gasteiger partial charge < -0.3 is 9.80 Å². The Morgan fingerprint density at radius 1 is 1.07 bits per heavy atom. The lowest BCUT2D eigenvalue weighted by Crippen LogP contribution is -2.54. The van der Waals surface area contributed by atoms with Gasteiger partial charge in [0, 0.05) is 42.3 Å². The van der Waals surface area contributed by atoms with Crippen LogP contribution in [0, 0.1) is 40.9 Å². The summed E-state index contributed by atoms with van der Waals surface area (Å²) in [6.07, 6.45) is 14.4. The fourth-order valence-corrected chi connectivity index (χ4v) is 9.28. The van der Waals surface area contributed by atoms with E-state index in [1.165, 1.54) is 25.8 Å². The first-order valence-electron chi connectivity index (χ1n) is 16.2. The Bertz CT molecular complexity index is 1210. The second-order valence-electron chi connectivity index (χ2n) is 14.3. The van der Waals surface area contributed by atoms with Gasteiger partial charge in [0.2, 0.25) is 0 Å². The van der Waals surface area contributed by atoms with Crippen LogP contribution in [0.25, 0.3) is 0 Å². The van der Waals surface area contributed by atoms with Crippen LogP contribution in [-0.2, 0) is 4.79 Å². The highest BCUT2D eigenvalue weighted by molar-refractivity contribution is 8.13. The maximum absolute atomic E-state index is 15.2. The van der Waals surface area contributed by atoms with Crippen molar-refractivity contribution in [2.24, 2.45) is 34.1 Å². The number of fused-ring (bicyclic) bond motifs is 1. The molecule has 3 heterocycles. The molecule has 3 unspecified atom stereocenters. The van der Waals surface area contributed by atoms with Crippen LogP contribution in [0.4, 0.5) is 0 Å². The zero-order chi connectivity index (χ0) is 28.8. The van der Waals surface area contributed by atoms with Crippen LogP contribution in [0.1, 0.15) is 71.6 Å². The molecule has 0 aromatic heterocycles. The smallest absolute Gasteiger partial charge is 0.261 e. The van der Waals surface area contributed by atoms with Gasteiger partial charge in [0.05, 0.1) is 0 Å². The first-order valence-corrected chi connectivity index (χ1v) is 17.2. The van der Waals surface area contributed by atoms with Gasteiger partial charge in [0.25, 0.3) is 5.91 Å². The van der Waals surface area contributed by atoms with E-state index in [0.717, 1.165) is 92.3 Å². The summed E-state index contributed by atoms with van der Waals surface area (Å²) >= 11 is 1.85. The van der Waals surface area contributed by atoms with Gasteiger partial charge in [-0.05, 0) is 114 Å². The number of amidine groups is 1. The molecule has 2 spiro atoms. The summed E-state index contributed by atoms with van der Waals surface area (Å²) in [7, 11) is 4.42. The number of likely N-dealkylation sites (tertiary alicyclic amines) is 2. The van der Waals surface area contributed by atoms with E-state index in [4.69, 9.17) is 4.99 Å². The molecule has 3 aliphatic carbocycles. The molecule has 5 nitrogen and oxygen atoms in total. The highest BCUT2D eigenvalue weighted by Crippen LogP contribution is 2.64. The molecule has 3 aliphatic heterocycles. The molecule has 6 heteroatoms. The molecular formula is C35H50N4OS. The predicted octanol–water partition coefficient (Wildman–Crippen LogP) is 6.00. The summed E-state index contributed by atoms with van der Waals surface area (Å²) in [5, 5.41) is 0.976. The first-order chi connectivity index (χ1) is 19.7. The minimum Gasteiger partial charge on any atom is -0.306 e. The molecule has 2 saturated heterocycles. The molecular weight excluding hydrogens is 524 g/mol. The lowest BCUT2D eigenvalue weighted by molar-refractivity contribution is -0.134. The fraction of sp³-hybridized carbons (Fsp3) is 0.714. The minimum atomic E-state index is -0.862. The molecule has 41 heavy (non-hydrogen) atoms. The topological polar surface area (TPSA) is 39.1 Å². The third-order valence-electron chi connectivity index (χ3n) is 10.8. The molecule has 3 saturated carbocycles. The van der Waals surface area contributed by atoms with Crippen LogP contribution in [0.3, 0.4) is 0 Å². The van der Waals surface area contributed by atoms with Gasteiger partial charge in [0.15, 0.2) is 10.7 Å². The van der Waals surface area contributed by atoms with Crippen LogP contribution < -0.4 is 0 Å². The standard InChI is InChI=1S/C35H50N4OS/c1-6-27(7-8-28-9-10-28)19-31-26(3)20-34(15-11-25(2)12-16-34)35(31)32(40)39(23-29-13-17-37(4)21-29)33(36-35)41-24-30-14-18-38(5)22-30/h6,19,25,28-30H,3,9-18,20-24H2,1-2,4-5H3/b27-6-,31-19+. The SMILES string of the molecule is C=C1CC2(CCC(C)CC2)C2(N=C(SCC3CCN(C)C3)N(CC3CCN(C)C3)C2=O)/C1=C/C(C#CC1CC1)=C\C. The number of hydrogen-bond acceptors (Lipinski definition) is 5. The number of allylic oxidation sites excluding steroid dienone is 3. The number of nitrogens with zero attached hydrogens (tertiary/aromatic N) is 4. The third kappa shape index (κ3) is 5.64. The molecule has 222 valence electrons. The molecule has 5 fully saturated rings. The van der Waals surface area contributed by atoms with E-state index in [1.54, 1.807) is 0 Å². The number of aliphatic imine (C=N–C) groups is 1. The maximum Gasteiger partial charge on any atom is 0.261 e. The average molecular weight is 575 g/mol. The van der Waals surface area contributed by atoms with Crippen molar-refractivity contribution in [2.45, 2.75) is 77.2 Å². The van der Waals surface area contributed by atoms with Crippen LogP contribution in [0.15, 0.2) is 40.4 Å². The summed E-state index contributed by atoms with van der Waals surface area (Å²) in [5.41, 5.74) is 2.13. The summed E-state index contributed by atoms with van der Waals surface area (Å²) in [4.78, 5) is 27.8.